The van der Waals surface area contributed by atoms with Crippen LogP contribution >= 0.6 is 15.9 Å². The van der Waals surface area contributed by atoms with E-state index in [0.717, 1.165) is 15.6 Å². The standard InChI is InChI=1S/C25H22BrNO4/c1-16-7-9-17(10-8-16)15-27-21-12-11-18(26)13-20(21)25(30,24(27)29)14-22(28)19-5-3-4-6-23(19)31-2/h3-13,30H,14-15H2,1-2H3/t25-/m1/s1. The number of hydrogen-bond donors (Lipinski definition) is 1. The first-order valence-corrected chi connectivity index (χ1v) is 10.7. The summed E-state index contributed by atoms with van der Waals surface area (Å²) in [5.41, 5.74) is 1.46. The SMILES string of the molecule is COc1ccccc1C(=O)C[C@]1(O)C(=O)N(Cc2ccc(C)cc2)c2ccc(Br)cc21. The molecule has 0 saturated heterocycles. The summed E-state index contributed by atoms with van der Waals surface area (Å²) in [6.45, 7) is 2.30. The summed E-state index contributed by atoms with van der Waals surface area (Å²) in [7, 11) is 1.48. The average molecular weight is 480 g/mol. The quantitative estimate of drug-likeness (QED) is 0.516. The first kappa shape index (κ1) is 21.3. The Kier molecular flexibility index (Phi) is 5.69. The molecule has 3 aromatic carbocycles. The fourth-order valence-corrected chi connectivity index (χ4v) is 4.29. The summed E-state index contributed by atoms with van der Waals surface area (Å²) >= 11 is 3.42. The van der Waals surface area contributed by atoms with Crippen molar-refractivity contribution < 1.29 is 19.4 Å². The van der Waals surface area contributed by atoms with Crippen LogP contribution in [0, 0.1) is 6.92 Å². The molecule has 1 N–H and O–H groups in total. The molecule has 5 nitrogen and oxygen atoms in total. The van der Waals surface area contributed by atoms with E-state index < -0.39 is 11.5 Å². The second-order valence-corrected chi connectivity index (χ2v) is 8.61. The second-order valence-electron chi connectivity index (χ2n) is 7.70. The zero-order chi connectivity index (χ0) is 22.2. The van der Waals surface area contributed by atoms with Gasteiger partial charge in [0.2, 0.25) is 0 Å². The molecule has 0 bridgehead atoms. The molecule has 0 aliphatic carbocycles. The van der Waals surface area contributed by atoms with Crippen LogP contribution in [-0.2, 0) is 16.9 Å². The fraction of sp³-hybridized carbons (Fsp3) is 0.200. The summed E-state index contributed by atoms with van der Waals surface area (Å²) in [6, 6.07) is 20.0. The van der Waals surface area contributed by atoms with Crippen molar-refractivity contribution in [1.29, 1.82) is 0 Å². The lowest BCUT2D eigenvalue weighted by molar-refractivity contribution is -0.136. The number of Topliss-reactive ketones (excluding diaryl/α,β-unsaturated/α-hetero) is 1. The Hall–Kier alpha value is -2.96. The highest BCUT2D eigenvalue weighted by atomic mass is 79.9. The van der Waals surface area contributed by atoms with Gasteiger partial charge in [-0.3, -0.25) is 9.59 Å². The molecule has 0 saturated carbocycles. The molecule has 0 fully saturated rings. The molecule has 1 atom stereocenters. The highest BCUT2D eigenvalue weighted by molar-refractivity contribution is 9.10. The molecule has 4 rings (SSSR count). The van der Waals surface area contributed by atoms with Crippen LogP contribution in [0.1, 0.15) is 33.5 Å². The molecule has 1 aliphatic rings. The van der Waals surface area contributed by atoms with Gasteiger partial charge in [-0.05, 0) is 42.8 Å². The van der Waals surface area contributed by atoms with Crippen molar-refractivity contribution in [2.75, 3.05) is 12.0 Å². The van der Waals surface area contributed by atoms with Gasteiger partial charge in [-0.15, -0.1) is 0 Å². The molecule has 0 unspecified atom stereocenters. The number of methoxy groups -OCH3 is 1. The third-order valence-electron chi connectivity index (χ3n) is 5.58. The molecule has 1 aliphatic heterocycles. The normalized spacial score (nSPS) is 17.5. The third kappa shape index (κ3) is 3.89. The lowest BCUT2D eigenvalue weighted by Gasteiger charge is -2.23. The topological polar surface area (TPSA) is 66.8 Å². The third-order valence-corrected chi connectivity index (χ3v) is 6.07. The molecule has 0 radical (unpaired) electrons. The number of anilines is 1. The summed E-state index contributed by atoms with van der Waals surface area (Å²) in [5.74, 6) is -0.464. The highest BCUT2D eigenvalue weighted by Gasteiger charge is 2.51. The number of ether oxygens (including phenoxy) is 1. The van der Waals surface area contributed by atoms with Crippen LogP contribution in [0.5, 0.6) is 5.75 Å². The van der Waals surface area contributed by atoms with Gasteiger partial charge < -0.3 is 14.7 Å². The van der Waals surface area contributed by atoms with Gasteiger partial charge in [0.05, 0.1) is 31.3 Å². The first-order chi connectivity index (χ1) is 14.8. The van der Waals surface area contributed by atoms with Crippen molar-refractivity contribution in [3.8, 4) is 5.75 Å². The number of fused-ring (bicyclic) bond motifs is 1. The van der Waals surface area contributed by atoms with Gasteiger partial charge in [0.25, 0.3) is 5.91 Å². The molecule has 1 amide bonds. The number of para-hydroxylation sites is 1. The van der Waals surface area contributed by atoms with Crippen LogP contribution in [0.25, 0.3) is 0 Å². The second kappa shape index (κ2) is 8.29. The van der Waals surface area contributed by atoms with Gasteiger partial charge in [-0.25, -0.2) is 0 Å². The maximum atomic E-state index is 13.5. The van der Waals surface area contributed by atoms with Crippen molar-refractivity contribution in [2.24, 2.45) is 0 Å². The number of carbonyl (C=O) groups excluding carboxylic acids is 2. The predicted octanol–water partition coefficient (Wildman–Crippen LogP) is 4.77. The van der Waals surface area contributed by atoms with Crippen molar-refractivity contribution in [3.63, 3.8) is 0 Å². The molecular formula is C25H22BrNO4. The van der Waals surface area contributed by atoms with Gasteiger partial charge >= 0.3 is 0 Å². The fourth-order valence-electron chi connectivity index (χ4n) is 3.93. The van der Waals surface area contributed by atoms with Crippen molar-refractivity contribution in [1.82, 2.24) is 0 Å². The van der Waals surface area contributed by atoms with Gasteiger partial charge in [-0.2, -0.15) is 0 Å². The van der Waals surface area contributed by atoms with E-state index in [1.54, 1.807) is 41.3 Å². The maximum absolute atomic E-state index is 13.5. The lowest BCUT2D eigenvalue weighted by Crippen LogP contribution is -2.41. The van der Waals surface area contributed by atoms with Crippen molar-refractivity contribution in [3.05, 3.63) is 93.5 Å². The van der Waals surface area contributed by atoms with E-state index in [1.807, 2.05) is 37.3 Å². The minimum atomic E-state index is -1.96. The van der Waals surface area contributed by atoms with Crippen molar-refractivity contribution >= 4 is 33.3 Å². The Bertz CT molecular complexity index is 1160. The molecule has 3 aromatic rings. The van der Waals surface area contributed by atoms with E-state index >= 15 is 0 Å². The monoisotopic (exact) mass is 479 g/mol. The van der Waals surface area contributed by atoms with Crippen LogP contribution < -0.4 is 9.64 Å². The Morgan fingerprint density at radius 1 is 1.10 bits per heavy atom. The molecule has 0 spiro atoms. The minimum Gasteiger partial charge on any atom is -0.496 e. The van der Waals surface area contributed by atoms with Crippen LogP contribution in [-0.4, -0.2) is 23.9 Å². The number of aliphatic hydroxyl groups is 1. The highest BCUT2D eigenvalue weighted by Crippen LogP contribution is 2.45. The summed E-state index contributed by atoms with van der Waals surface area (Å²) < 4.78 is 6.01. The van der Waals surface area contributed by atoms with E-state index in [9.17, 15) is 14.7 Å². The van der Waals surface area contributed by atoms with Gasteiger partial charge in [-0.1, -0.05) is 57.9 Å². The number of ketones is 1. The summed E-state index contributed by atoms with van der Waals surface area (Å²) in [6.07, 6.45) is -0.375. The molecular weight excluding hydrogens is 458 g/mol. The average Bonchev–Trinajstić information content (AvgIpc) is 2.96. The minimum absolute atomic E-state index is 0.304. The molecule has 1 heterocycles. The van der Waals surface area contributed by atoms with Gasteiger partial charge in [0.1, 0.15) is 5.75 Å². The number of halogens is 1. The Morgan fingerprint density at radius 3 is 2.52 bits per heavy atom. The lowest BCUT2D eigenvalue weighted by atomic mass is 9.88. The molecule has 31 heavy (non-hydrogen) atoms. The van der Waals surface area contributed by atoms with Crippen LogP contribution in [0.15, 0.2) is 71.2 Å². The molecule has 0 aromatic heterocycles. The predicted molar refractivity (Wildman–Crippen MR) is 122 cm³/mol. The van der Waals surface area contributed by atoms with E-state index in [4.69, 9.17) is 4.74 Å². The van der Waals surface area contributed by atoms with E-state index in [-0.39, 0.29) is 12.2 Å². The van der Waals surface area contributed by atoms with Crippen LogP contribution in [0.4, 0.5) is 5.69 Å². The number of carbonyl (C=O) groups is 2. The Labute approximate surface area is 189 Å². The van der Waals surface area contributed by atoms with E-state index in [0.29, 0.717) is 29.1 Å². The summed E-state index contributed by atoms with van der Waals surface area (Å²) in [4.78, 5) is 28.1. The number of nitrogens with zero attached hydrogens (tertiary/aromatic N) is 1. The largest absolute Gasteiger partial charge is 0.496 e. The number of benzene rings is 3. The first-order valence-electron chi connectivity index (χ1n) is 9.89. The number of aryl methyl sites for hydroxylation is 1. The number of rotatable bonds is 6. The van der Waals surface area contributed by atoms with E-state index in [1.165, 1.54) is 7.11 Å². The zero-order valence-electron chi connectivity index (χ0n) is 17.3. The van der Waals surface area contributed by atoms with Crippen LogP contribution in [0.3, 0.4) is 0 Å². The molecule has 158 valence electrons. The smallest absolute Gasteiger partial charge is 0.264 e. The number of hydrogen-bond acceptors (Lipinski definition) is 4. The van der Waals surface area contributed by atoms with Gasteiger partial charge in [0, 0.05) is 10.0 Å². The van der Waals surface area contributed by atoms with Crippen LogP contribution in [0.2, 0.25) is 0 Å². The van der Waals surface area contributed by atoms with E-state index in [2.05, 4.69) is 15.9 Å². The Balaban J connectivity index is 1.72. The summed E-state index contributed by atoms with van der Waals surface area (Å²) in [5, 5.41) is 11.6. The maximum Gasteiger partial charge on any atom is 0.264 e. The Morgan fingerprint density at radius 2 is 1.81 bits per heavy atom. The molecule has 6 heteroatoms. The van der Waals surface area contributed by atoms with Gasteiger partial charge in [0.15, 0.2) is 11.4 Å². The zero-order valence-corrected chi connectivity index (χ0v) is 18.8. The number of amides is 1. The van der Waals surface area contributed by atoms with Crippen molar-refractivity contribution in [2.45, 2.75) is 25.5 Å².